The van der Waals surface area contributed by atoms with E-state index < -0.39 is 0 Å². The minimum absolute atomic E-state index is 0.0146. The largest absolute Gasteiger partial charge is 0.489 e. The molecular weight excluding hydrogens is 406 g/mol. The molecule has 2 aromatic rings. The van der Waals surface area contributed by atoms with E-state index in [0.717, 1.165) is 31.2 Å². The summed E-state index contributed by atoms with van der Waals surface area (Å²) in [6.45, 7) is 2.15. The Bertz CT molecular complexity index is 930. The summed E-state index contributed by atoms with van der Waals surface area (Å²) in [6.07, 6.45) is 9.22. The van der Waals surface area contributed by atoms with Gasteiger partial charge in [0.15, 0.2) is 0 Å². The van der Waals surface area contributed by atoms with Crippen LogP contribution in [0.25, 0.3) is 0 Å². The van der Waals surface area contributed by atoms with Crippen molar-refractivity contribution in [2.75, 3.05) is 6.61 Å². The number of rotatable bonds is 5. The van der Waals surface area contributed by atoms with Gasteiger partial charge >= 0.3 is 12.0 Å². The first-order valence-corrected chi connectivity index (χ1v) is 10.8. The maximum absolute atomic E-state index is 12.9. The van der Waals surface area contributed by atoms with E-state index >= 15 is 0 Å². The fourth-order valence-electron chi connectivity index (χ4n) is 4.54. The van der Waals surface area contributed by atoms with Gasteiger partial charge in [0, 0.05) is 24.9 Å². The van der Waals surface area contributed by atoms with Crippen molar-refractivity contribution in [1.82, 2.24) is 9.47 Å². The molecule has 2 saturated heterocycles. The molecule has 30 heavy (non-hydrogen) atoms. The van der Waals surface area contributed by atoms with Crippen LogP contribution < -0.4 is 9.30 Å². The van der Waals surface area contributed by atoms with Crippen LogP contribution in [0.15, 0.2) is 36.9 Å². The number of benzene rings is 1. The molecule has 8 heteroatoms. The molecule has 3 heterocycles. The Kier molecular flexibility index (Phi) is 5.99. The second-order valence-corrected chi connectivity index (χ2v) is 8.43. The van der Waals surface area contributed by atoms with Gasteiger partial charge in [-0.05, 0) is 37.5 Å². The first-order chi connectivity index (χ1) is 14.4. The molecule has 2 aliphatic heterocycles. The van der Waals surface area contributed by atoms with Crippen molar-refractivity contribution < 1.29 is 23.6 Å². The predicted octanol–water partition coefficient (Wildman–Crippen LogP) is 3.11. The second-order valence-electron chi connectivity index (χ2n) is 8.02. The highest BCUT2D eigenvalue weighted by Gasteiger charge is 2.46. The van der Waals surface area contributed by atoms with Crippen LogP contribution >= 0.6 is 11.6 Å². The first kappa shape index (κ1) is 20.7. The Balaban J connectivity index is 1.39. The van der Waals surface area contributed by atoms with Gasteiger partial charge in [-0.25, -0.2) is 9.36 Å². The van der Waals surface area contributed by atoms with E-state index in [-0.39, 0.29) is 36.6 Å². The van der Waals surface area contributed by atoms with Crippen molar-refractivity contribution in [2.24, 2.45) is 7.05 Å². The molecule has 2 atom stereocenters. The van der Waals surface area contributed by atoms with Gasteiger partial charge in [0.25, 0.3) is 6.33 Å². The Labute approximate surface area is 181 Å². The Hall–Kier alpha value is -2.54. The van der Waals surface area contributed by atoms with Crippen molar-refractivity contribution in [3.8, 4) is 5.75 Å². The van der Waals surface area contributed by atoms with E-state index in [1.807, 2.05) is 34.8 Å². The number of fused-ring (bicyclic) bond motifs is 2. The zero-order chi connectivity index (χ0) is 21.3. The van der Waals surface area contributed by atoms with Gasteiger partial charge in [-0.2, -0.15) is 4.57 Å². The third-order valence-electron chi connectivity index (χ3n) is 5.84. The molecule has 2 aliphatic rings. The van der Waals surface area contributed by atoms with Gasteiger partial charge in [0.05, 0.1) is 25.1 Å². The van der Waals surface area contributed by atoms with Crippen LogP contribution in [-0.4, -0.2) is 46.3 Å². The number of imidazole rings is 1. The summed E-state index contributed by atoms with van der Waals surface area (Å²) >= 11 is 6.41. The molecule has 0 radical (unpaired) electrons. The molecule has 4 rings (SSSR count). The maximum Gasteiger partial charge on any atom is 0.416 e. The number of nitrogens with zero attached hydrogens (tertiary/aromatic N) is 3. The molecule has 2 unspecified atom stereocenters. The lowest BCUT2D eigenvalue weighted by Crippen LogP contribution is -2.50. The number of amides is 1. The number of hydrogen-bond donors (Lipinski definition) is 0. The standard InChI is InChI=1S/C22H27ClN3O4/c1-3-29-21(27)11-15-4-7-20(19(23)10-15)30-18-12-16-5-6-17(13-18)26(16)22(28)25-9-8-24(2)14-25/h4,7-10,14,16-18H,3,5-6,11-13H2,1-2H3/q+1. The molecular formula is C22H27ClN3O4+. The van der Waals surface area contributed by atoms with Crippen molar-refractivity contribution in [3.63, 3.8) is 0 Å². The van der Waals surface area contributed by atoms with E-state index in [4.69, 9.17) is 21.1 Å². The molecule has 2 bridgehead atoms. The molecule has 2 fully saturated rings. The highest BCUT2D eigenvalue weighted by Crippen LogP contribution is 2.38. The molecule has 1 aromatic carbocycles. The SMILES string of the molecule is CCOC(=O)Cc1ccc(OC2CC3CCC(C2)N3C(=O)n2cc[n+](C)c2)c(Cl)c1. The van der Waals surface area contributed by atoms with Crippen molar-refractivity contribution >= 4 is 23.6 Å². The van der Waals surface area contributed by atoms with Crippen LogP contribution in [0.4, 0.5) is 4.79 Å². The average Bonchev–Trinajstić information content (AvgIpc) is 3.24. The summed E-state index contributed by atoms with van der Waals surface area (Å²) in [5, 5.41) is 0.488. The molecule has 0 aliphatic carbocycles. The third-order valence-corrected chi connectivity index (χ3v) is 6.14. The van der Waals surface area contributed by atoms with Gasteiger partial charge in [-0.15, -0.1) is 0 Å². The highest BCUT2D eigenvalue weighted by molar-refractivity contribution is 6.32. The molecule has 0 N–H and O–H groups in total. The fourth-order valence-corrected chi connectivity index (χ4v) is 4.79. The van der Waals surface area contributed by atoms with Gasteiger partial charge in [-0.1, -0.05) is 17.7 Å². The average molecular weight is 433 g/mol. The summed E-state index contributed by atoms with van der Waals surface area (Å²) in [7, 11) is 1.90. The Morgan fingerprint density at radius 2 is 1.97 bits per heavy atom. The lowest BCUT2D eigenvalue weighted by atomic mass is 10.00. The second kappa shape index (κ2) is 8.68. The summed E-state index contributed by atoms with van der Waals surface area (Å²) in [6, 6.07) is 5.80. The van der Waals surface area contributed by atoms with Crippen LogP contribution in [0.3, 0.4) is 0 Å². The maximum atomic E-state index is 12.9. The number of aromatic nitrogens is 2. The topological polar surface area (TPSA) is 64.7 Å². The number of piperidine rings is 1. The van der Waals surface area contributed by atoms with Crippen molar-refractivity contribution in [2.45, 2.75) is 57.2 Å². The summed E-state index contributed by atoms with van der Waals surface area (Å²) in [5.74, 6) is 0.345. The zero-order valence-electron chi connectivity index (χ0n) is 17.3. The minimum atomic E-state index is -0.271. The Morgan fingerprint density at radius 3 is 2.57 bits per heavy atom. The number of ether oxygens (including phenoxy) is 2. The lowest BCUT2D eigenvalue weighted by molar-refractivity contribution is -0.670. The van der Waals surface area contributed by atoms with Crippen LogP contribution in [0.2, 0.25) is 5.02 Å². The summed E-state index contributed by atoms with van der Waals surface area (Å²) in [4.78, 5) is 26.6. The number of carbonyl (C=O) groups excluding carboxylic acids is 2. The van der Waals surface area contributed by atoms with Gasteiger partial charge in [-0.3, -0.25) is 9.69 Å². The fraction of sp³-hybridized carbons (Fsp3) is 0.500. The van der Waals surface area contributed by atoms with Crippen LogP contribution in [-0.2, 0) is 23.0 Å². The number of esters is 1. The quantitative estimate of drug-likeness (QED) is 0.538. The van der Waals surface area contributed by atoms with Crippen LogP contribution in [0.5, 0.6) is 5.75 Å². The summed E-state index contributed by atoms with van der Waals surface area (Å²) < 4.78 is 14.7. The van der Waals surface area contributed by atoms with E-state index in [2.05, 4.69) is 0 Å². The normalized spacial score (nSPS) is 22.8. The van der Waals surface area contributed by atoms with E-state index in [1.165, 1.54) is 0 Å². The Morgan fingerprint density at radius 1 is 1.23 bits per heavy atom. The van der Waals surface area contributed by atoms with E-state index in [0.29, 0.717) is 17.4 Å². The van der Waals surface area contributed by atoms with Gasteiger partial charge in [0.1, 0.15) is 24.2 Å². The van der Waals surface area contributed by atoms with Gasteiger partial charge < -0.3 is 9.47 Å². The molecule has 7 nitrogen and oxygen atoms in total. The minimum Gasteiger partial charge on any atom is -0.489 e. The lowest BCUT2D eigenvalue weighted by Gasteiger charge is -2.37. The van der Waals surface area contributed by atoms with Gasteiger partial charge in [0.2, 0.25) is 0 Å². The molecule has 160 valence electrons. The molecule has 0 saturated carbocycles. The van der Waals surface area contributed by atoms with E-state index in [9.17, 15) is 9.59 Å². The van der Waals surface area contributed by atoms with Crippen molar-refractivity contribution in [3.05, 3.63) is 47.5 Å². The zero-order valence-corrected chi connectivity index (χ0v) is 18.0. The third kappa shape index (κ3) is 4.31. The molecule has 0 spiro atoms. The predicted molar refractivity (Wildman–Crippen MR) is 110 cm³/mol. The van der Waals surface area contributed by atoms with Crippen LogP contribution in [0, 0.1) is 0 Å². The number of carbonyl (C=O) groups is 2. The van der Waals surface area contributed by atoms with Crippen LogP contribution in [0.1, 0.15) is 38.2 Å². The molecule has 1 amide bonds. The smallest absolute Gasteiger partial charge is 0.416 e. The monoisotopic (exact) mass is 432 g/mol. The first-order valence-electron chi connectivity index (χ1n) is 10.4. The van der Waals surface area contributed by atoms with E-state index in [1.54, 1.807) is 30.1 Å². The highest BCUT2D eigenvalue weighted by atomic mass is 35.5. The van der Waals surface area contributed by atoms with Crippen molar-refractivity contribution in [1.29, 1.82) is 0 Å². The number of halogens is 1. The molecule has 1 aromatic heterocycles. The number of hydrogen-bond acceptors (Lipinski definition) is 4. The summed E-state index contributed by atoms with van der Waals surface area (Å²) in [5.41, 5.74) is 0.797. The number of aryl methyl sites for hydroxylation is 1.